The highest BCUT2D eigenvalue weighted by Gasteiger charge is 2.33. The van der Waals surface area contributed by atoms with Gasteiger partial charge in [0.2, 0.25) is 0 Å². The molecule has 224 valence electrons. The molecule has 0 radical (unpaired) electrons. The van der Waals surface area contributed by atoms with Crippen LogP contribution in [0.4, 0.5) is 0 Å². The van der Waals surface area contributed by atoms with Crippen LogP contribution in [-0.4, -0.2) is 33.8 Å². The second kappa shape index (κ2) is 13.5. The SMILES string of the molecule is O=C(NC1CCC(N(Cc2cccc(-c3ccncc3)c2)C(=O)c2sc3c(Cl)c(Cl)ccc3c2Cl)CC1)c1cccc(Cl)c1. The molecule has 3 aromatic carbocycles. The van der Waals surface area contributed by atoms with Crippen molar-refractivity contribution in [3.63, 3.8) is 0 Å². The Balaban J connectivity index is 1.26. The Morgan fingerprint density at radius 3 is 2.34 bits per heavy atom. The lowest BCUT2D eigenvalue weighted by Crippen LogP contribution is -2.45. The highest BCUT2D eigenvalue weighted by molar-refractivity contribution is 7.22. The van der Waals surface area contributed by atoms with Gasteiger partial charge in [0.15, 0.2) is 0 Å². The second-order valence-electron chi connectivity index (χ2n) is 10.8. The fraction of sp³-hybridized carbons (Fsp3) is 0.206. The summed E-state index contributed by atoms with van der Waals surface area (Å²) in [5, 5.41) is 5.56. The minimum Gasteiger partial charge on any atom is -0.349 e. The number of amides is 2. The van der Waals surface area contributed by atoms with Crippen LogP contribution in [-0.2, 0) is 6.54 Å². The molecule has 6 rings (SSSR count). The number of pyridine rings is 1. The fourth-order valence-electron chi connectivity index (χ4n) is 5.73. The molecule has 0 atom stereocenters. The number of thiophene rings is 1. The molecule has 2 amide bonds. The molecule has 5 aromatic rings. The van der Waals surface area contributed by atoms with Crippen LogP contribution in [0, 0.1) is 0 Å². The number of rotatable bonds is 7. The number of hydrogen-bond acceptors (Lipinski definition) is 4. The zero-order chi connectivity index (χ0) is 30.8. The Kier molecular flexibility index (Phi) is 9.45. The van der Waals surface area contributed by atoms with Gasteiger partial charge in [0.1, 0.15) is 4.88 Å². The Bertz CT molecular complexity index is 1840. The first-order valence-corrected chi connectivity index (χ1v) is 16.5. The van der Waals surface area contributed by atoms with Crippen LogP contribution in [0.15, 0.2) is 85.2 Å². The monoisotopic (exact) mass is 681 g/mol. The molecule has 44 heavy (non-hydrogen) atoms. The molecule has 10 heteroatoms. The standard InChI is InChI=1S/C34H27Cl4N3O2S/c35-24-6-2-5-23(18-24)33(42)40-25-7-9-26(10-8-25)41(19-20-3-1-4-22(17-20)21-13-15-39-16-14-21)34(43)32-29(37)27-11-12-28(36)30(38)31(27)44-32/h1-6,11-18,25-26H,7-10,19H2,(H,40,42). The Morgan fingerprint density at radius 2 is 1.59 bits per heavy atom. The normalized spacial score (nSPS) is 16.5. The summed E-state index contributed by atoms with van der Waals surface area (Å²) >= 11 is 27.0. The molecule has 0 aliphatic heterocycles. The van der Waals surface area contributed by atoms with Crippen molar-refractivity contribution in [2.24, 2.45) is 0 Å². The number of carbonyl (C=O) groups is 2. The fourth-order valence-corrected chi connectivity index (χ4v) is 7.91. The minimum atomic E-state index is -0.149. The maximum Gasteiger partial charge on any atom is 0.266 e. The zero-order valence-corrected chi connectivity index (χ0v) is 27.2. The van der Waals surface area contributed by atoms with Gasteiger partial charge in [-0.15, -0.1) is 11.3 Å². The summed E-state index contributed by atoms with van der Waals surface area (Å²) in [5.74, 6) is -0.298. The summed E-state index contributed by atoms with van der Waals surface area (Å²) in [4.78, 5) is 33.7. The molecule has 1 N–H and O–H groups in total. The van der Waals surface area contributed by atoms with Crippen molar-refractivity contribution in [1.29, 1.82) is 0 Å². The van der Waals surface area contributed by atoms with Crippen LogP contribution in [0.25, 0.3) is 21.2 Å². The number of aromatic nitrogens is 1. The number of fused-ring (bicyclic) bond motifs is 1. The van der Waals surface area contributed by atoms with Crippen LogP contribution in [0.1, 0.15) is 51.3 Å². The number of carbonyl (C=O) groups excluding carboxylic acids is 2. The highest BCUT2D eigenvalue weighted by Crippen LogP contribution is 2.43. The van der Waals surface area contributed by atoms with Crippen molar-refractivity contribution in [2.45, 2.75) is 44.3 Å². The van der Waals surface area contributed by atoms with Gasteiger partial charge in [-0.3, -0.25) is 14.6 Å². The van der Waals surface area contributed by atoms with Gasteiger partial charge in [-0.05, 0) is 84.8 Å². The van der Waals surface area contributed by atoms with E-state index in [0.29, 0.717) is 47.2 Å². The van der Waals surface area contributed by atoms with E-state index in [2.05, 4.69) is 16.4 Å². The van der Waals surface area contributed by atoms with E-state index in [4.69, 9.17) is 46.4 Å². The number of nitrogens with zero attached hydrogens (tertiary/aromatic N) is 2. The molecule has 1 aliphatic carbocycles. The second-order valence-corrected chi connectivity index (χ2v) is 13.5. The van der Waals surface area contributed by atoms with E-state index in [-0.39, 0.29) is 23.9 Å². The van der Waals surface area contributed by atoms with Gasteiger partial charge < -0.3 is 10.2 Å². The molecular weight excluding hydrogens is 656 g/mol. The molecular formula is C34H27Cl4N3O2S. The van der Waals surface area contributed by atoms with Crippen molar-refractivity contribution >= 4 is 79.6 Å². The summed E-state index contributed by atoms with van der Waals surface area (Å²) < 4.78 is 0.694. The number of benzene rings is 3. The first-order chi connectivity index (χ1) is 21.3. The smallest absolute Gasteiger partial charge is 0.266 e. The highest BCUT2D eigenvalue weighted by atomic mass is 35.5. The minimum absolute atomic E-state index is 0.00133. The largest absolute Gasteiger partial charge is 0.349 e. The van der Waals surface area contributed by atoms with Gasteiger partial charge in [0.25, 0.3) is 11.8 Å². The third-order valence-corrected chi connectivity index (χ3v) is 10.9. The quantitative estimate of drug-likeness (QED) is 0.186. The van der Waals surface area contributed by atoms with E-state index >= 15 is 0 Å². The Hall–Kier alpha value is -3.13. The lowest BCUT2D eigenvalue weighted by atomic mass is 9.89. The van der Waals surface area contributed by atoms with Gasteiger partial charge >= 0.3 is 0 Å². The molecule has 2 heterocycles. The van der Waals surface area contributed by atoms with Crippen LogP contribution in [0.2, 0.25) is 20.1 Å². The average molecular weight is 683 g/mol. The van der Waals surface area contributed by atoms with E-state index in [1.54, 1.807) is 48.8 Å². The molecule has 2 aromatic heterocycles. The predicted octanol–water partition coefficient (Wildman–Crippen LogP) is 9.96. The molecule has 5 nitrogen and oxygen atoms in total. The summed E-state index contributed by atoms with van der Waals surface area (Å²) in [6.45, 7) is 0.404. The van der Waals surface area contributed by atoms with Crippen LogP contribution >= 0.6 is 57.7 Å². The van der Waals surface area contributed by atoms with E-state index in [9.17, 15) is 9.59 Å². The third kappa shape index (κ3) is 6.60. The van der Waals surface area contributed by atoms with Gasteiger partial charge in [-0.2, -0.15) is 0 Å². The lowest BCUT2D eigenvalue weighted by molar-refractivity contribution is 0.0597. The Labute approximate surface area is 279 Å². The van der Waals surface area contributed by atoms with Crippen LogP contribution in [0.5, 0.6) is 0 Å². The van der Waals surface area contributed by atoms with Crippen molar-refractivity contribution < 1.29 is 9.59 Å². The first kappa shape index (κ1) is 30.9. The average Bonchev–Trinajstić information content (AvgIpc) is 3.39. The van der Waals surface area contributed by atoms with E-state index in [1.165, 1.54) is 11.3 Å². The van der Waals surface area contributed by atoms with Gasteiger partial charge in [0.05, 0.1) is 19.8 Å². The van der Waals surface area contributed by atoms with Crippen molar-refractivity contribution in [3.8, 4) is 11.1 Å². The summed E-state index contributed by atoms with van der Waals surface area (Å²) in [6, 6.07) is 22.5. The van der Waals surface area contributed by atoms with E-state index in [0.717, 1.165) is 42.4 Å². The Morgan fingerprint density at radius 1 is 0.841 bits per heavy atom. The van der Waals surface area contributed by atoms with Crippen molar-refractivity contribution in [2.75, 3.05) is 0 Å². The molecule has 1 fully saturated rings. The van der Waals surface area contributed by atoms with Crippen molar-refractivity contribution in [3.05, 3.63) is 121 Å². The van der Waals surface area contributed by atoms with Gasteiger partial charge in [-0.1, -0.05) is 76.7 Å². The lowest BCUT2D eigenvalue weighted by Gasteiger charge is -2.37. The van der Waals surface area contributed by atoms with Crippen LogP contribution < -0.4 is 5.32 Å². The first-order valence-electron chi connectivity index (χ1n) is 14.2. The third-order valence-electron chi connectivity index (χ3n) is 8.00. The molecule has 1 aliphatic rings. The molecule has 0 saturated heterocycles. The van der Waals surface area contributed by atoms with Crippen molar-refractivity contribution in [1.82, 2.24) is 15.2 Å². The number of halogens is 4. The maximum absolute atomic E-state index is 14.4. The topological polar surface area (TPSA) is 62.3 Å². The summed E-state index contributed by atoms with van der Waals surface area (Å²) in [7, 11) is 0. The molecule has 1 saturated carbocycles. The number of nitrogens with one attached hydrogen (secondary N) is 1. The van der Waals surface area contributed by atoms with E-state index in [1.807, 2.05) is 35.2 Å². The predicted molar refractivity (Wildman–Crippen MR) is 181 cm³/mol. The summed E-state index contributed by atoms with van der Waals surface area (Å²) in [5.41, 5.74) is 3.63. The van der Waals surface area contributed by atoms with Gasteiger partial charge in [0, 0.05) is 47.0 Å². The molecule has 0 unspecified atom stereocenters. The maximum atomic E-state index is 14.4. The van der Waals surface area contributed by atoms with E-state index < -0.39 is 0 Å². The molecule has 0 bridgehead atoms. The van der Waals surface area contributed by atoms with Gasteiger partial charge in [-0.25, -0.2) is 0 Å². The summed E-state index contributed by atoms with van der Waals surface area (Å²) in [6.07, 6.45) is 6.46. The number of hydrogen-bond donors (Lipinski definition) is 1. The zero-order valence-electron chi connectivity index (χ0n) is 23.4. The molecule has 0 spiro atoms. The van der Waals surface area contributed by atoms with Crippen LogP contribution in [0.3, 0.4) is 0 Å².